The third-order valence-corrected chi connectivity index (χ3v) is 9.14. The Kier molecular flexibility index (Phi) is 5.00. The Hall–Kier alpha value is -5.46. The van der Waals surface area contributed by atoms with Crippen LogP contribution in [-0.4, -0.2) is 24.5 Å². The fourth-order valence-corrected chi connectivity index (χ4v) is 7.26. The van der Waals surface area contributed by atoms with Crippen LogP contribution in [0.1, 0.15) is 0 Å². The fourth-order valence-electron chi connectivity index (χ4n) is 6.08. The Labute approximate surface area is 244 Å². The summed E-state index contributed by atoms with van der Waals surface area (Å²) < 4.78 is 4.49. The van der Waals surface area contributed by atoms with E-state index in [4.69, 9.17) is 9.97 Å². The number of nitrogens with zero attached hydrogens (tertiary/aromatic N) is 5. The minimum Gasteiger partial charge on any atom is -0.278 e. The second-order valence-corrected chi connectivity index (χ2v) is 11.4. The first-order valence-corrected chi connectivity index (χ1v) is 14.6. The maximum atomic E-state index is 5.27. The normalized spacial score (nSPS) is 11.8. The largest absolute Gasteiger partial charge is 0.278 e. The lowest BCUT2D eigenvalue weighted by Crippen LogP contribution is -2.03. The van der Waals surface area contributed by atoms with Gasteiger partial charge in [-0.15, -0.1) is 11.3 Å². The van der Waals surface area contributed by atoms with Crippen LogP contribution in [0.3, 0.4) is 0 Å². The van der Waals surface area contributed by atoms with Gasteiger partial charge in [0, 0.05) is 38.0 Å². The molecule has 4 aromatic heterocycles. The van der Waals surface area contributed by atoms with E-state index in [1.807, 2.05) is 18.3 Å². The number of hydrogen-bond acceptors (Lipinski definition) is 5. The van der Waals surface area contributed by atoms with E-state index in [0.29, 0.717) is 5.95 Å². The van der Waals surface area contributed by atoms with Gasteiger partial charge in [0.1, 0.15) is 6.33 Å². The number of thiophene rings is 1. The van der Waals surface area contributed by atoms with Gasteiger partial charge in [-0.3, -0.25) is 4.57 Å². The van der Waals surface area contributed by atoms with Gasteiger partial charge < -0.3 is 0 Å². The van der Waals surface area contributed by atoms with E-state index in [9.17, 15) is 0 Å². The summed E-state index contributed by atoms with van der Waals surface area (Å²) in [6.07, 6.45) is 3.53. The summed E-state index contributed by atoms with van der Waals surface area (Å²) in [5, 5.41) is 4.53. The fraction of sp³-hybridized carbons (Fsp3) is 0. The molecule has 5 aromatic carbocycles. The Morgan fingerprint density at radius 1 is 0.571 bits per heavy atom. The molecule has 5 nitrogen and oxygen atoms in total. The molecule has 0 saturated carbocycles. The van der Waals surface area contributed by atoms with Gasteiger partial charge >= 0.3 is 0 Å². The SMILES string of the molecule is c1ccc(-c2ccc(-c3nc(-n4c5ccccc5c5c6sc7cncnc7c6ccc54)nc4ccccc34)cc2)cc1. The molecule has 0 amide bonds. The zero-order valence-electron chi connectivity index (χ0n) is 22.3. The zero-order valence-corrected chi connectivity index (χ0v) is 23.1. The maximum absolute atomic E-state index is 5.27. The summed E-state index contributed by atoms with van der Waals surface area (Å²) in [5.74, 6) is 0.655. The van der Waals surface area contributed by atoms with E-state index in [-0.39, 0.29) is 0 Å². The van der Waals surface area contributed by atoms with Gasteiger partial charge in [0.05, 0.1) is 32.5 Å². The van der Waals surface area contributed by atoms with Gasteiger partial charge in [0.15, 0.2) is 0 Å². The summed E-state index contributed by atoms with van der Waals surface area (Å²) in [7, 11) is 0. The number of aromatic nitrogens is 5. The van der Waals surface area contributed by atoms with Crippen molar-refractivity contribution in [3.05, 3.63) is 128 Å². The third-order valence-electron chi connectivity index (χ3n) is 7.99. The number of benzene rings is 5. The van der Waals surface area contributed by atoms with E-state index >= 15 is 0 Å². The molecule has 0 aliphatic rings. The molecule has 9 rings (SSSR count). The monoisotopic (exact) mass is 555 g/mol. The lowest BCUT2D eigenvalue weighted by Gasteiger charge is -2.12. The molecule has 0 aliphatic heterocycles. The molecular formula is C36H21N5S. The zero-order chi connectivity index (χ0) is 27.6. The first-order chi connectivity index (χ1) is 20.8. The minimum atomic E-state index is 0.655. The van der Waals surface area contributed by atoms with Crippen molar-refractivity contribution < 1.29 is 0 Å². The van der Waals surface area contributed by atoms with Crippen molar-refractivity contribution in [2.45, 2.75) is 0 Å². The van der Waals surface area contributed by atoms with Crippen LogP contribution in [0.5, 0.6) is 0 Å². The van der Waals surface area contributed by atoms with Crippen LogP contribution in [0.25, 0.3) is 81.3 Å². The van der Waals surface area contributed by atoms with Crippen molar-refractivity contribution in [3.63, 3.8) is 0 Å². The molecule has 0 unspecified atom stereocenters. The van der Waals surface area contributed by atoms with E-state index in [1.165, 1.54) is 26.6 Å². The maximum Gasteiger partial charge on any atom is 0.235 e. The molecule has 0 atom stereocenters. The van der Waals surface area contributed by atoms with Crippen molar-refractivity contribution in [1.29, 1.82) is 0 Å². The van der Waals surface area contributed by atoms with E-state index in [0.717, 1.165) is 48.8 Å². The van der Waals surface area contributed by atoms with E-state index in [1.54, 1.807) is 17.7 Å². The summed E-state index contributed by atoms with van der Waals surface area (Å²) in [6.45, 7) is 0. The predicted octanol–water partition coefficient (Wildman–Crippen LogP) is 9.22. The Morgan fingerprint density at radius 3 is 2.19 bits per heavy atom. The van der Waals surface area contributed by atoms with Gasteiger partial charge in [-0.05, 0) is 35.4 Å². The van der Waals surface area contributed by atoms with Crippen LogP contribution in [0, 0.1) is 0 Å². The second kappa shape index (κ2) is 9.03. The molecule has 0 saturated heterocycles. The molecule has 0 N–H and O–H groups in total. The Morgan fingerprint density at radius 2 is 1.31 bits per heavy atom. The summed E-state index contributed by atoms with van der Waals surface area (Å²) in [5.41, 5.74) is 8.40. The van der Waals surface area contributed by atoms with Gasteiger partial charge in [-0.25, -0.2) is 19.9 Å². The van der Waals surface area contributed by atoms with Crippen molar-refractivity contribution >= 4 is 64.3 Å². The molecule has 6 heteroatoms. The summed E-state index contributed by atoms with van der Waals surface area (Å²) in [6, 6.07) is 40.2. The van der Waals surface area contributed by atoms with Gasteiger partial charge in [-0.1, -0.05) is 91.0 Å². The van der Waals surface area contributed by atoms with Gasteiger partial charge in [0.2, 0.25) is 5.95 Å². The molecule has 9 aromatic rings. The topological polar surface area (TPSA) is 56.5 Å². The first kappa shape index (κ1) is 23.3. The van der Waals surface area contributed by atoms with Gasteiger partial charge in [0.25, 0.3) is 0 Å². The van der Waals surface area contributed by atoms with Crippen molar-refractivity contribution in [2.75, 3.05) is 0 Å². The lowest BCUT2D eigenvalue weighted by atomic mass is 10.0. The highest BCUT2D eigenvalue weighted by molar-refractivity contribution is 7.26. The van der Waals surface area contributed by atoms with Crippen LogP contribution in [0.15, 0.2) is 128 Å². The molecule has 42 heavy (non-hydrogen) atoms. The molecule has 0 radical (unpaired) electrons. The standard InChI is InChI=1S/C36H21N5S/c1-2-8-22(9-3-1)23-14-16-24(17-15-23)33-25-10-4-6-12-28(25)39-36(40-33)41-29-13-7-5-11-26(29)32-30(41)19-18-27-34-31(42-35(27)32)20-37-21-38-34/h1-21H. The van der Waals surface area contributed by atoms with Crippen LogP contribution < -0.4 is 0 Å². The number of fused-ring (bicyclic) bond motifs is 8. The van der Waals surface area contributed by atoms with E-state index in [2.05, 4.69) is 118 Å². The molecular weight excluding hydrogens is 534 g/mol. The van der Waals surface area contributed by atoms with Gasteiger partial charge in [-0.2, -0.15) is 0 Å². The number of para-hydroxylation sites is 2. The average molecular weight is 556 g/mol. The highest BCUT2D eigenvalue weighted by atomic mass is 32.1. The van der Waals surface area contributed by atoms with Crippen LogP contribution in [0.2, 0.25) is 0 Å². The quantitative estimate of drug-likeness (QED) is 0.218. The molecule has 196 valence electrons. The number of rotatable bonds is 3. The highest BCUT2D eigenvalue weighted by Crippen LogP contribution is 2.42. The third kappa shape index (κ3) is 3.42. The van der Waals surface area contributed by atoms with Crippen LogP contribution in [0.4, 0.5) is 0 Å². The molecule has 0 fully saturated rings. The van der Waals surface area contributed by atoms with Crippen LogP contribution >= 0.6 is 11.3 Å². The number of hydrogen-bond donors (Lipinski definition) is 0. The smallest absolute Gasteiger partial charge is 0.235 e. The van der Waals surface area contributed by atoms with E-state index < -0.39 is 0 Å². The van der Waals surface area contributed by atoms with Crippen molar-refractivity contribution in [1.82, 2.24) is 24.5 Å². The average Bonchev–Trinajstić information content (AvgIpc) is 3.60. The van der Waals surface area contributed by atoms with Crippen molar-refractivity contribution in [2.24, 2.45) is 0 Å². The second-order valence-electron chi connectivity index (χ2n) is 10.4. The van der Waals surface area contributed by atoms with Crippen LogP contribution in [-0.2, 0) is 0 Å². The molecule has 4 heterocycles. The summed E-state index contributed by atoms with van der Waals surface area (Å²) in [4.78, 5) is 19.3. The Balaban J connectivity index is 1.32. The molecule has 0 aliphatic carbocycles. The highest BCUT2D eigenvalue weighted by Gasteiger charge is 2.20. The summed E-state index contributed by atoms with van der Waals surface area (Å²) >= 11 is 1.74. The minimum absolute atomic E-state index is 0.655. The molecule has 0 bridgehead atoms. The molecule has 0 spiro atoms. The first-order valence-electron chi connectivity index (χ1n) is 13.8. The Bertz CT molecular complexity index is 2460. The lowest BCUT2D eigenvalue weighted by molar-refractivity contribution is 1.01. The van der Waals surface area contributed by atoms with Crippen molar-refractivity contribution in [3.8, 4) is 28.3 Å². The predicted molar refractivity (Wildman–Crippen MR) is 173 cm³/mol.